The van der Waals surface area contributed by atoms with Gasteiger partial charge in [-0.05, 0) is 49.6 Å². The van der Waals surface area contributed by atoms with Gasteiger partial charge >= 0.3 is 0 Å². The van der Waals surface area contributed by atoms with Crippen LogP contribution < -0.4 is 0 Å². The van der Waals surface area contributed by atoms with Crippen molar-refractivity contribution in [3.05, 3.63) is 28.2 Å². The van der Waals surface area contributed by atoms with Gasteiger partial charge in [-0.25, -0.2) is 0 Å². The van der Waals surface area contributed by atoms with Crippen molar-refractivity contribution in [3.8, 4) is 5.75 Å². The Morgan fingerprint density at radius 3 is 3.00 bits per heavy atom. The third kappa shape index (κ3) is 3.48. The number of likely N-dealkylation sites (tertiary alicyclic amines) is 1. The smallest absolute Gasteiger partial charge is 0.115 e. The summed E-state index contributed by atoms with van der Waals surface area (Å²) < 4.78 is 1.10. The lowest BCUT2D eigenvalue weighted by Crippen LogP contribution is -2.38. The van der Waals surface area contributed by atoms with Gasteiger partial charge in [0.1, 0.15) is 5.75 Å². The average molecular weight is 312 g/mol. The lowest BCUT2D eigenvalue weighted by molar-refractivity contribution is 0.131. The van der Waals surface area contributed by atoms with Crippen molar-refractivity contribution in [2.45, 2.75) is 51.6 Å². The van der Waals surface area contributed by atoms with Gasteiger partial charge < -0.3 is 5.11 Å². The Bertz CT molecular complexity index is 392. The second kappa shape index (κ2) is 6.58. The van der Waals surface area contributed by atoms with E-state index in [1.807, 2.05) is 12.1 Å². The van der Waals surface area contributed by atoms with Crippen LogP contribution in [0.4, 0.5) is 0 Å². The number of hydrogen-bond donors (Lipinski definition) is 1. The van der Waals surface area contributed by atoms with Crippen molar-refractivity contribution in [1.29, 1.82) is 0 Å². The highest BCUT2D eigenvalue weighted by atomic mass is 79.9. The van der Waals surface area contributed by atoms with Crippen molar-refractivity contribution in [3.63, 3.8) is 0 Å². The monoisotopic (exact) mass is 311 g/mol. The van der Waals surface area contributed by atoms with Gasteiger partial charge in [0.15, 0.2) is 0 Å². The summed E-state index contributed by atoms with van der Waals surface area (Å²) in [6, 6.07) is 6.26. The number of phenols is 1. The number of aromatic hydroxyl groups is 1. The van der Waals surface area contributed by atoms with Crippen LogP contribution in [0.1, 0.15) is 44.6 Å². The molecular weight excluding hydrogens is 290 g/mol. The quantitative estimate of drug-likeness (QED) is 0.895. The second-order valence-corrected chi connectivity index (χ2v) is 6.04. The molecule has 1 unspecified atom stereocenters. The molecule has 1 aromatic rings. The molecule has 100 valence electrons. The summed E-state index contributed by atoms with van der Waals surface area (Å²) in [5.41, 5.74) is 1.19. The fourth-order valence-electron chi connectivity index (χ4n) is 2.83. The molecule has 0 spiro atoms. The molecule has 3 heteroatoms. The van der Waals surface area contributed by atoms with Gasteiger partial charge in [0.05, 0.1) is 0 Å². The molecular formula is C15H22BrNO. The van der Waals surface area contributed by atoms with E-state index < -0.39 is 0 Å². The van der Waals surface area contributed by atoms with Crippen LogP contribution >= 0.6 is 15.9 Å². The van der Waals surface area contributed by atoms with Crippen LogP contribution in [0.3, 0.4) is 0 Å². The summed E-state index contributed by atoms with van der Waals surface area (Å²) in [5, 5.41) is 9.60. The van der Waals surface area contributed by atoms with Crippen LogP contribution in [0.5, 0.6) is 5.75 Å². The molecule has 0 saturated carbocycles. The molecule has 1 N–H and O–H groups in total. The number of rotatable bonds is 4. The molecule has 2 nitrogen and oxygen atoms in total. The predicted octanol–water partition coefficient (Wildman–Crippen LogP) is 4.31. The van der Waals surface area contributed by atoms with Crippen molar-refractivity contribution in [2.75, 3.05) is 6.54 Å². The number of piperidine rings is 1. The first-order chi connectivity index (χ1) is 8.70. The third-order valence-corrected chi connectivity index (χ3v) is 4.55. The fraction of sp³-hybridized carbons (Fsp3) is 0.600. The molecule has 1 saturated heterocycles. The van der Waals surface area contributed by atoms with Gasteiger partial charge in [0.2, 0.25) is 0 Å². The van der Waals surface area contributed by atoms with E-state index in [0.29, 0.717) is 5.75 Å². The van der Waals surface area contributed by atoms with Gasteiger partial charge in [-0.15, -0.1) is 0 Å². The van der Waals surface area contributed by atoms with Crippen molar-refractivity contribution >= 4 is 15.9 Å². The lowest BCUT2D eigenvalue weighted by Gasteiger charge is -2.36. The van der Waals surface area contributed by atoms with E-state index in [1.54, 1.807) is 6.07 Å². The van der Waals surface area contributed by atoms with E-state index in [-0.39, 0.29) is 0 Å². The Balaban J connectivity index is 2.08. The maximum atomic E-state index is 9.60. The highest BCUT2D eigenvalue weighted by Crippen LogP contribution is 2.27. The zero-order chi connectivity index (χ0) is 13.0. The Hall–Kier alpha value is -0.540. The van der Waals surface area contributed by atoms with E-state index in [9.17, 15) is 5.11 Å². The minimum Gasteiger partial charge on any atom is -0.508 e. The molecule has 1 aliphatic heterocycles. The first-order valence-corrected chi connectivity index (χ1v) is 7.71. The minimum absolute atomic E-state index is 0.359. The highest BCUT2D eigenvalue weighted by molar-refractivity contribution is 9.10. The van der Waals surface area contributed by atoms with Gasteiger partial charge in [-0.1, -0.05) is 35.7 Å². The molecule has 0 aliphatic carbocycles. The zero-order valence-electron chi connectivity index (χ0n) is 11.0. The van der Waals surface area contributed by atoms with Crippen LogP contribution in [0.15, 0.2) is 22.7 Å². The molecule has 0 bridgehead atoms. The van der Waals surface area contributed by atoms with Crippen LogP contribution in [0, 0.1) is 0 Å². The number of halogens is 1. The number of hydrogen-bond acceptors (Lipinski definition) is 2. The lowest BCUT2D eigenvalue weighted by atomic mass is 9.97. The fourth-order valence-corrected chi connectivity index (χ4v) is 3.20. The third-order valence-electron chi connectivity index (χ3n) is 3.77. The SMILES string of the molecule is CCCC1CCCCN1Cc1cc(O)ccc1Br. The van der Waals surface area contributed by atoms with E-state index in [4.69, 9.17) is 0 Å². The van der Waals surface area contributed by atoms with Crippen molar-refractivity contribution in [2.24, 2.45) is 0 Å². The van der Waals surface area contributed by atoms with Gasteiger partial charge in [-0.3, -0.25) is 4.90 Å². The number of nitrogens with zero attached hydrogens (tertiary/aromatic N) is 1. The van der Waals surface area contributed by atoms with Crippen molar-refractivity contribution in [1.82, 2.24) is 4.90 Å². The van der Waals surface area contributed by atoms with E-state index in [2.05, 4.69) is 27.8 Å². The predicted molar refractivity (Wildman–Crippen MR) is 78.8 cm³/mol. The molecule has 1 fully saturated rings. The zero-order valence-corrected chi connectivity index (χ0v) is 12.6. The molecule has 1 atom stereocenters. The van der Waals surface area contributed by atoms with Crippen molar-refractivity contribution < 1.29 is 5.11 Å². The molecule has 1 aromatic carbocycles. The molecule has 0 radical (unpaired) electrons. The largest absolute Gasteiger partial charge is 0.508 e. The average Bonchev–Trinajstić information content (AvgIpc) is 2.36. The normalized spacial score (nSPS) is 21.1. The standard InChI is InChI=1S/C15H22BrNO/c1-2-5-13-6-3-4-9-17(13)11-12-10-14(18)7-8-15(12)16/h7-8,10,13,18H,2-6,9,11H2,1H3. The summed E-state index contributed by atoms with van der Waals surface area (Å²) in [4.78, 5) is 2.58. The van der Waals surface area contributed by atoms with Crippen LogP contribution in [-0.4, -0.2) is 22.6 Å². The van der Waals surface area contributed by atoms with Gasteiger partial charge in [-0.2, -0.15) is 0 Å². The number of benzene rings is 1. The van der Waals surface area contributed by atoms with Gasteiger partial charge in [0, 0.05) is 17.1 Å². The summed E-state index contributed by atoms with van der Waals surface area (Å²) in [5.74, 6) is 0.359. The Labute approximate surface area is 118 Å². The van der Waals surface area contributed by atoms with Crippen LogP contribution in [0.2, 0.25) is 0 Å². The van der Waals surface area contributed by atoms with Crippen LogP contribution in [-0.2, 0) is 6.54 Å². The Morgan fingerprint density at radius 1 is 1.39 bits per heavy atom. The van der Waals surface area contributed by atoms with E-state index >= 15 is 0 Å². The van der Waals surface area contributed by atoms with Crippen LogP contribution in [0.25, 0.3) is 0 Å². The molecule has 18 heavy (non-hydrogen) atoms. The first-order valence-electron chi connectivity index (χ1n) is 6.92. The summed E-state index contributed by atoms with van der Waals surface area (Å²) >= 11 is 3.58. The topological polar surface area (TPSA) is 23.5 Å². The molecule has 0 aromatic heterocycles. The minimum atomic E-state index is 0.359. The Morgan fingerprint density at radius 2 is 2.22 bits per heavy atom. The molecule has 0 amide bonds. The van der Waals surface area contributed by atoms with E-state index in [0.717, 1.165) is 17.1 Å². The second-order valence-electron chi connectivity index (χ2n) is 5.18. The molecule has 1 aliphatic rings. The first kappa shape index (κ1) is 13.9. The number of phenolic OH excluding ortho intramolecular Hbond substituents is 1. The maximum absolute atomic E-state index is 9.60. The maximum Gasteiger partial charge on any atom is 0.115 e. The molecule has 2 rings (SSSR count). The highest BCUT2D eigenvalue weighted by Gasteiger charge is 2.22. The summed E-state index contributed by atoms with van der Waals surface area (Å²) in [6.45, 7) is 4.39. The summed E-state index contributed by atoms with van der Waals surface area (Å²) in [6.07, 6.45) is 6.53. The van der Waals surface area contributed by atoms with Gasteiger partial charge in [0.25, 0.3) is 0 Å². The van der Waals surface area contributed by atoms with E-state index in [1.165, 1.54) is 44.2 Å². The Kier molecular flexibility index (Phi) is 5.07. The summed E-state index contributed by atoms with van der Waals surface area (Å²) in [7, 11) is 0. The molecule has 1 heterocycles.